The summed E-state index contributed by atoms with van der Waals surface area (Å²) in [6.07, 6.45) is 10.4. The Kier molecular flexibility index (Phi) is 6.98. The van der Waals surface area contributed by atoms with Crippen molar-refractivity contribution in [2.24, 2.45) is 56.7 Å². The lowest BCUT2D eigenvalue weighted by Crippen LogP contribution is -2.74. The van der Waals surface area contributed by atoms with Gasteiger partial charge in [0.1, 0.15) is 0 Å². The van der Waals surface area contributed by atoms with Gasteiger partial charge in [-0.3, -0.25) is 0 Å². The largest absolute Gasteiger partial charge is 0.393 e. The fourth-order valence-corrected chi connectivity index (χ4v) is 12.0. The van der Waals surface area contributed by atoms with Crippen LogP contribution in [-0.4, -0.2) is 35.1 Å². The van der Waals surface area contributed by atoms with Crippen LogP contribution in [0.1, 0.15) is 114 Å². The molecule has 5 aliphatic rings. The van der Waals surface area contributed by atoms with Crippen LogP contribution in [0.2, 0.25) is 0 Å². The number of hydrogen-bond donors (Lipinski definition) is 2. The molecule has 5 aliphatic carbocycles. The second kappa shape index (κ2) is 9.18. The molecule has 216 valence electrons. The number of allylic oxidation sites excluding steroid dienone is 2. The highest BCUT2D eigenvalue weighted by molar-refractivity contribution is 5.24. The van der Waals surface area contributed by atoms with Crippen molar-refractivity contribution in [3.05, 3.63) is 23.8 Å². The molecule has 0 bridgehead atoms. The summed E-state index contributed by atoms with van der Waals surface area (Å²) >= 11 is 0. The van der Waals surface area contributed by atoms with E-state index in [9.17, 15) is 10.2 Å². The molecule has 3 nitrogen and oxygen atoms in total. The van der Waals surface area contributed by atoms with Crippen LogP contribution in [0.5, 0.6) is 0 Å². The van der Waals surface area contributed by atoms with E-state index in [1.165, 1.54) is 43.3 Å². The minimum Gasteiger partial charge on any atom is -0.393 e. The summed E-state index contributed by atoms with van der Waals surface area (Å²) in [5, 5.41) is 23.8. The molecule has 0 radical (unpaired) electrons. The molecule has 5 saturated carbocycles. The minimum atomic E-state index is -0.473. The first-order valence-electron chi connectivity index (χ1n) is 15.8. The third-order valence-corrected chi connectivity index (χ3v) is 14.2. The van der Waals surface area contributed by atoms with Crippen molar-refractivity contribution in [2.45, 2.75) is 132 Å². The van der Waals surface area contributed by atoms with Crippen molar-refractivity contribution >= 4 is 0 Å². The Morgan fingerprint density at radius 2 is 1.53 bits per heavy atom. The Balaban J connectivity index is 1.66. The highest BCUT2D eigenvalue weighted by Crippen LogP contribution is 2.77. The van der Waals surface area contributed by atoms with Crippen LogP contribution in [0.3, 0.4) is 0 Å². The van der Waals surface area contributed by atoms with E-state index in [2.05, 4.69) is 75.0 Å². The summed E-state index contributed by atoms with van der Waals surface area (Å²) in [5.74, 6) is 1.90. The molecule has 5 fully saturated rings. The molecule has 0 heterocycles. The van der Waals surface area contributed by atoms with Crippen LogP contribution in [0, 0.1) is 56.7 Å². The highest BCUT2D eigenvalue weighted by Gasteiger charge is 2.74. The normalized spacial score (nSPS) is 53.2. The van der Waals surface area contributed by atoms with E-state index < -0.39 is 6.10 Å². The van der Waals surface area contributed by atoms with Gasteiger partial charge in [0.15, 0.2) is 0 Å². The first kappa shape index (κ1) is 28.9. The lowest BCUT2D eigenvalue weighted by atomic mass is 9.31. The van der Waals surface area contributed by atoms with E-state index in [1.807, 2.05) is 0 Å². The van der Waals surface area contributed by atoms with Crippen LogP contribution in [0.25, 0.3) is 0 Å². The van der Waals surface area contributed by atoms with E-state index >= 15 is 0 Å². The summed E-state index contributed by atoms with van der Waals surface area (Å²) in [6.45, 7) is 26.3. The number of aliphatic hydroxyl groups is 2. The van der Waals surface area contributed by atoms with Crippen LogP contribution in [0.4, 0.5) is 0 Å². The average molecular weight is 527 g/mol. The molecular formula is C35H58O3. The van der Waals surface area contributed by atoms with Gasteiger partial charge in [0.05, 0.1) is 24.9 Å². The van der Waals surface area contributed by atoms with Crippen molar-refractivity contribution in [3.63, 3.8) is 0 Å². The molecule has 0 unspecified atom stereocenters. The third-order valence-electron chi connectivity index (χ3n) is 14.2. The molecule has 3 heteroatoms. The lowest BCUT2D eigenvalue weighted by molar-refractivity contribution is -0.311. The van der Waals surface area contributed by atoms with Gasteiger partial charge >= 0.3 is 0 Å². The molecule has 0 saturated heterocycles. The molecular weight excluding hydrogens is 468 g/mol. The van der Waals surface area contributed by atoms with Crippen LogP contribution >= 0.6 is 0 Å². The van der Waals surface area contributed by atoms with Gasteiger partial charge in [-0.15, -0.1) is 0 Å². The van der Waals surface area contributed by atoms with Gasteiger partial charge in [0.25, 0.3) is 0 Å². The molecule has 5 rings (SSSR count). The minimum absolute atomic E-state index is 0.0323. The molecule has 0 aromatic carbocycles. The second-order valence-corrected chi connectivity index (χ2v) is 16.6. The van der Waals surface area contributed by atoms with Crippen LogP contribution in [0.15, 0.2) is 23.8 Å². The van der Waals surface area contributed by atoms with Gasteiger partial charge in [-0.25, -0.2) is 0 Å². The lowest BCUT2D eigenvalue weighted by Gasteiger charge is -2.74. The molecule has 0 aliphatic heterocycles. The van der Waals surface area contributed by atoms with E-state index in [0.29, 0.717) is 24.4 Å². The van der Waals surface area contributed by atoms with Crippen molar-refractivity contribution in [1.82, 2.24) is 0 Å². The maximum Gasteiger partial charge on any atom is 0.0880 e. The number of fused-ring (bicyclic) bond motifs is 7. The molecule has 0 amide bonds. The first-order valence-corrected chi connectivity index (χ1v) is 15.8. The Labute approximate surface area is 233 Å². The van der Waals surface area contributed by atoms with Crippen LogP contribution < -0.4 is 0 Å². The number of ether oxygens (including phenoxy) is 1. The van der Waals surface area contributed by atoms with Crippen molar-refractivity contribution in [3.8, 4) is 0 Å². The molecule has 0 spiro atoms. The third kappa shape index (κ3) is 3.76. The van der Waals surface area contributed by atoms with Crippen molar-refractivity contribution < 1.29 is 14.9 Å². The van der Waals surface area contributed by atoms with Crippen molar-refractivity contribution in [2.75, 3.05) is 6.61 Å². The van der Waals surface area contributed by atoms with E-state index in [1.54, 1.807) is 0 Å². The predicted octanol–water partition coefficient (Wildman–Crippen LogP) is 7.96. The highest BCUT2D eigenvalue weighted by atomic mass is 16.5. The summed E-state index contributed by atoms with van der Waals surface area (Å²) in [6, 6.07) is 0. The van der Waals surface area contributed by atoms with Crippen LogP contribution in [-0.2, 0) is 4.74 Å². The maximum atomic E-state index is 12.7. The van der Waals surface area contributed by atoms with Gasteiger partial charge in [-0.05, 0) is 129 Å². The summed E-state index contributed by atoms with van der Waals surface area (Å²) in [7, 11) is 0. The topological polar surface area (TPSA) is 49.7 Å². The molecule has 0 aromatic rings. The van der Waals surface area contributed by atoms with E-state index in [4.69, 9.17) is 4.74 Å². The summed E-state index contributed by atoms with van der Waals surface area (Å²) < 4.78 is 6.91. The fraction of sp³-hybridized carbons (Fsp3) is 0.886. The first-order chi connectivity index (χ1) is 17.5. The van der Waals surface area contributed by atoms with E-state index in [-0.39, 0.29) is 51.1 Å². The molecule has 0 aromatic heterocycles. The molecule has 2 N–H and O–H groups in total. The monoisotopic (exact) mass is 526 g/mol. The summed E-state index contributed by atoms with van der Waals surface area (Å²) in [5.41, 5.74) is 2.90. The second-order valence-electron chi connectivity index (χ2n) is 16.6. The molecule has 12 atom stereocenters. The molecule has 38 heavy (non-hydrogen) atoms. The zero-order valence-electron chi connectivity index (χ0n) is 26.1. The quantitative estimate of drug-likeness (QED) is 0.365. The van der Waals surface area contributed by atoms with Crippen molar-refractivity contribution in [1.29, 1.82) is 0 Å². The van der Waals surface area contributed by atoms with Gasteiger partial charge in [0, 0.05) is 0 Å². The average Bonchev–Trinajstić information content (AvgIpc) is 3.17. The fourth-order valence-electron chi connectivity index (χ4n) is 12.0. The summed E-state index contributed by atoms with van der Waals surface area (Å²) in [4.78, 5) is 0. The standard InChI is InChI=1S/C35H58O3/c1-21(2)14-20-38-29-28(37)27-26-23(22(3)4)11-15-32(26,7)18-19-34(27,9)35(10)17-12-24-31(5,6)25(36)13-16-33(24,8)30(29)35/h14,23-30,36-37H,3,11-13,15-20H2,1-2,4-10H3/t23-,24+,25-,26+,27+,28-,29-,30-,32-,33+,34-,35-/m0/s1. The number of aliphatic hydroxyl groups excluding tert-OH is 2. The smallest absolute Gasteiger partial charge is 0.0880 e. The van der Waals surface area contributed by atoms with Gasteiger partial charge in [-0.2, -0.15) is 0 Å². The number of rotatable bonds is 4. The SMILES string of the molecule is C=C(C)[C@@H]1CC[C@@]2(C)CC[C@@]3(C)[C@@H]([C@H](O)[C@H](OCC=C(C)C)[C@H]4[C@]5(C)CC[C@H](O)C(C)(C)[C@H]5CC[C@@]43C)[C@@H]12. The van der Waals surface area contributed by atoms with Gasteiger partial charge in [-0.1, -0.05) is 65.3 Å². The Hall–Kier alpha value is -0.640. The Bertz CT molecular complexity index is 978. The zero-order valence-corrected chi connectivity index (χ0v) is 26.1. The Morgan fingerprint density at radius 3 is 2.16 bits per heavy atom. The Morgan fingerprint density at radius 1 is 0.842 bits per heavy atom. The predicted molar refractivity (Wildman–Crippen MR) is 157 cm³/mol. The van der Waals surface area contributed by atoms with E-state index in [0.717, 1.165) is 19.3 Å². The van der Waals surface area contributed by atoms with Gasteiger partial charge < -0.3 is 14.9 Å². The number of hydrogen-bond acceptors (Lipinski definition) is 3. The zero-order chi connectivity index (χ0) is 28.1. The maximum absolute atomic E-state index is 12.7. The van der Waals surface area contributed by atoms with Gasteiger partial charge in [0.2, 0.25) is 0 Å².